The minimum absolute atomic E-state index is 0.307. The first kappa shape index (κ1) is 17.0. The molecule has 0 saturated heterocycles. The van der Waals surface area contributed by atoms with Crippen molar-refractivity contribution in [3.63, 3.8) is 0 Å². The van der Waals surface area contributed by atoms with E-state index in [9.17, 15) is 23.7 Å². The molecule has 0 heterocycles. The lowest BCUT2D eigenvalue weighted by atomic mass is 9.87. The van der Waals surface area contributed by atoms with Crippen LogP contribution in [0.15, 0.2) is 12.1 Å². The monoisotopic (exact) mass is 300 g/mol. The Kier molecular flexibility index (Phi) is 4.65. The molecule has 1 atom stereocenters. The second-order valence-corrected chi connectivity index (χ2v) is 5.97. The third-order valence-electron chi connectivity index (χ3n) is 3.64. The highest BCUT2D eigenvalue weighted by atomic mass is 19.1. The highest BCUT2D eigenvalue weighted by Crippen LogP contribution is 2.28. The Morgan fingerprint density at radius 2 is 1.86 bits per heavy atom. The molecule has 1 aromatic rings. The first-order valence-corrected chi connectivity index (χ1v) is 6.38. The summed E-state index contributed by atoms with van der Waals surface area (Å²) in [6.45, 7) is 7.37. The summed E-state index contributed by atoms with van der Waals surface area (Å²) in [5, 5.41) is 10.7. The number of hydrogen-bond donors (Lipinski definition) is 0. The highest BCUT2D eigenvalue weighted by Gasteiger charge is 2.33. The zero-order chi connectivity index (χ0) is 16.5. The number of halogens is 2. The molecule has 7 heteroatoms. The highest BCUT2D eigenvalue weighted by molar-refractivity contribution is 5.95. The topological polar surface area (TPSA) is 63.5 Å². The van der Waals surface area contributed by atoms with Gasteiger partial charge in [0.05, 0.1) is 4.92 Å². The van der Waals surface area contributed by atoms with Gasteiger partial charge >= 0.3 is 5.69 Å². The summed E-state index contributed by atoms with van der Waals surface area (Å²) in [5.41, 5.74) is -2.13. The van der Waals surface area contributed by atoms with Crippen LogP contribution in [-0.2, 0) is 0 Å². The minimum atomic E-state index is -1.45. The Labute approximate surface area is 121 Å². The lowest BCUT2D eigenvalue weighted by Crippen LogP contribution is -2.43. The second kappa shape index (κ2) is 5.75. The van der Waals surface area contributed by atoms with E-state index >= 15 is 0 Å². The molecule has 0 saturated carbocycles. The van der Waals surface area contributed by atoms with E-state index < -0.39 is 33.7 Å². The van der Waals surface area contributed by atoms with E-state index in [2.05, 4.69) is 0 Å². The number of nitro groups is 1. The molecule has 1 unspecified atom stereocenters. The Morgan fingerprint density at radius 3 is 2.29 bits per heavy atom. The lowest BCUT2D eigenvalue weighted by Gasteiger charge is -2.35. The molecule has 21 heavy (non-hydrogen) atoms. The van der Waals surface area contributed by atoms with E-state index in [1.54, 1.807) is 6.92 Å². The Balaban J connectivity index is 3.31. The predicted octanol–water partition coefficient (Wildman–Crippen LogP) is 3.38. The summed E-state index contributed by atoms with van der Waals surface area (Å²) in [6, 6.07) is 1.11. The molecular weight excluding hydrogens is 282 g/mol. The fourth-order valence-corrected chi connectivity index (χ4v) is 1.81. The Hall–Kier alpha value is -2.05. The van der Waals surface area contributed by atoms with Gasteiger partial charge in [-0.1, -0.05) is 20.8 Å². The van der Waals surface area contributed by atoms with E-state index in [0.29, 0.717) is 6.07 Å². The maximum Gasteiger partial charge on any atom is 0.305 e. The quantitative estimate of drug-likeness (QED) is 0.635. The fraction of sp³-hybridized carbons (Fsp3) is 0.500. The summed E-state index contributed by atoms with van der Waals surface area (Å²) in [6.07, 6.45) is 0. The lowest BCUT2D eigenvalue weighted by molar-refractivity contribution is -0.387. The van der Waals surface area contributed by atoms with Crippen LogP contribution in [0.4, 0.5) is 14.5 Å². The van der Waals surface area contributed by atoms with Gasteiger partial charge in [0.15, 0.2) is 0 Å². The number of benzene rings is 1. The molecule has 0 aliphatic rings. The molecule has 0 aromatic heterocycles. The van der Waals surface area contributed by atoms with Crippen LogP contribution in [-0.4, -0.2) is 28.8 Å². The van der Waals surface area contributed by atoms with Crippen LogP contribution >= 0.6 is 0 Å². The number of carbonyl (C=O) groups is 1. The van der Waals surface area contributed by atoms with Crippen LogP contribution < -0.4 is 0 Å². The van der Waals surface area contributed by atoms with Crippen LogP contribution in [0.1, 0.15) is 38.1 Å². The number of hydrogen-bond acceptors (Lipinski definition) is 3. The molecular formula is C14H18F2N2O3. The minimum Gasteiger partial charge on any atom is -0.338 e. The van der Waals surface area contributed by atoms with Gasteiger partial charge in [-0.2, -0.15) is 4.39 Å². The van der Waals surface area contributed by atoms with Gasteiger partial charge in [-0.05, 0) is 18.4 Å². The van der Waals surface area contributed by atoms with Crippen molar-refractivity contribution in [3.05, 3.63) is 39.4 Å². The Bertz CT molecular complexity index is 582. The zero-order valence-electron chi connectivity index (χ0n) is 12.6. The van der Waals surface area contributed by atoms with Crippen molar-refractivity contribution in [1.29, 1.82) is 0 Å². The number of nitrogens with zero attached hydrogens (tertiary/aromatic N) is 2. The van der Waals surface area contributed by atoms with Gasteiger partial charge in [0.2, 0.25) is 5.82 Å². The molecule has 116 valence electrons. The van der Waals surface area contributed by atoms with Crippen molar-refractivity contribution in [2.75, 3.05) is 7.05 Å². The molecule has 1 rings (SSSR count). The first-order valence-electron chi connectivity index (χ1n) is 6.38. The van der Waals surface area contributed by atoms with E-state index in [4.69, 9.17) is 0 Å². The van der Waals surface area contributed by atoms with E-state index in [0.717, 1.165) is 6.07 Å². The van der Waals surface area contributed by atoms with Crippen molar-refractivity contribution in [2.45, 2.75) is 33.7 Å². The van der Waals surface area contributed by atoms with Gasteiger partial charge in [0, 0.05) is 19.2 Å². The van der Waals surface area contributed by atoms with Gasteiger partial charge in [0.1, 0.15) is 11.4 Å². The third kappa shape index (κ3) is 3.34. The average Bonchev–Trinajstić information content (AvgIpc) is 2.35. The van der Waals surface area contributed by atoms with Crippen LogP contribution in [0, 0.1) is 27.2 Å². The van der Waals surface area contributed by atoms with Crippen molar-refractivity contribution in [1.82, 2.24) is 4.90 Å². The maximum atomic E-state index is 14.0. The zero-order valence-corrected chi connectivity index (χ0v) is 12.6. The van der Waals surface area contributed by atoms with Gasteiger partial charge in [-0.15, -0.1) is 0 Å². The van der Waals surface area contributed by atoms with Gasteiger partial charge in [0.25, 0.3) is 5.91 Å². The number of rotatable bonds is 3. The molecule has 1 amide bonds. The van der Waals surface area contributed by atoms with Crippen molar-refractivity contribution < 1.29 is 18.5 Å². The smallest absolute Gasteiger partial charge is 0.305 e. The first-order chi connectivity index (χ1) is 9.48. The Morgan fingerprint density at radius 1 is 1.33 bits per heavy atom. The third-order valence-corrected chi connectivity index (χ3v) is 3.64. The summed E-state index contributed by atoms with van der Waals surface area (Å²) >= 11 is 0. The number of nitro benzene ring substituents is 1. The standard InChI is InChI=1S/C14H18F2N2O3/c1-8(14(2,3)4)17(5)13(19)11-9(15)6-7-10(12(11)16)18(20)21/h6-8H,1-5H3. The molecule has 0 aliphatic carbocycles. The van der Waals surface area contributed by atoms with Crippen molar-refractivity contribution in [2.24, 2.45) is 5.41 Å². The normalized spacial score (nSPS) is 12.9. The number of amides is 1. The summed E-state index contributed by atoms with van der Waals surface area (Å²) in [4.78, 5) is 23.2. The summed E-state index contributed by atoms with van der Waals surface area (Å²) < 4.78 is 27.8. The van der Waals surface area contributed by atoms with Crippen molar-refractivity contribution in [3.8, 4) is 0 Å². The molecule has 0 fully saturated rings. The summed E-state index contributed by atoms with van der Waals surface area (Å²) in [7, 11) is 1.41. The van der Waals surface area contributed by atoms with Gasteiger partial charge < -0.3 is 4.90 Å². The molecule has 0 bridgehead atoms. The van der Waals surface area contributed by atoms with E-state index in [1.807, 2.05) is 20.8 Å². The van der Waals surface area contributed by atoms with E-state index in [-0.39, 0.29) is 11.5 Å². The van der Waals surface area contributed by atoms with Gasteiger partial charge in [-0.25, -0.2) is 4.39 Å². The van der Waals surface area contributed by atoms with Gasteiger partial charge in [-0.3, -0.25) is 14.9 Å². The molecule has 0 aliphatic heterocycles. The second-order valence-electron chi connectivity index (χ2n) is 5.97. The fourth-order valence-electron chi connectivity index (χ4n) is 1.81. The molecule has 0 radical (unpaired) electrons. The SMILES string of the molecule is CC(N(C)C(=O)c1c(F)ccc([N+](=O)[O-])c1F)C(C)(C)C. The summed E-state index contributed by atoms with van der Waals surface area (Å²) in [5.74, 6) is -3.48. The average molecular weight is 300 g/mol. The molecule has 0 N–H and O–H groups in total. The van der Waals surface area contributed by atoms with Crippen LogP contribution in [0.5, 0.6) is 0 Å². The molecule has 0 spiro atoms. The number of carbonyl (C=O) groups excluding carboxylic acids is 1. The van der Waals surface area contributed by atoms with Crippen molar-refractivity contribution >= 4 is 11.6 Å². The largest absolute Gasteiger partial charge is 0.338 e. The molecule has 1 aromatic carbocycles. The van der Waals surface area contributed by atoms with Crippen LogP contribution in [0.2, 0.25) is 0 Å². The van der Waals surface area contributed by atoms with Crippen LogP contribution in [0.3, 0.4) is 0 Å². The van der Waals surface area contributed by atoms with E-state index in [1.165, 1.54) is 11.9 Å². The predicted molar refractivity (Wildman–Crippen MR) is 74.0 cm³/mol. The molecule has 5 nitrogen and oxygen atoms in total. The maximum absolute atomic E-state index is 14.0. The van der Waals surface area contributed by atoms with Crippen LogP contribution in [0.25, 0.3) is 0 Å².